The van der Waals surface area contributed by atoms with E-state index in [0.29, 0.717) is 38.3 Å². The lowest BCUT2D eigenvalue weighted by molar-refractivity contribution is -0.328. The summed E-state index contributed by atoms with van der Waals surface area (Å²) in [6.07, 6.45) is 4.94. The largest absolute Gasteiger partial charge is 0.379 e. The maximum absolute atomic E-state index is 13.8. The summed E-state index contributed by atoms with van der Waals surface area (Å²) in [6, 6.07) is 39.7. The summed E-state index contributed by atoms with van der Waals surface area (Å²) < 4.78 is 69.1. The van der Waals surface area contributed by atoms with Crippen LogP contribution in [-0.2, 0) is 64.7 Å². The Labute approximate surface area is 347 Å². The Morgan fingerprint density at radius 1 is 0.627 bits per heavy atom. The zero-order valence-corrected chi connectivity index (χ0v) is 34.0. The Hall–Kier alpha value is -4.76. The van der Waals surface area contributed by atoms with Gasteiger partial charge in [0.15, 0.2) is 6.29 Å². The topological polar surface area (TPSA) is 133 Å². The SMILES string of the molecule is NCCCCCOC[C@H]1O[C@@H](OCCc2cn(S(=O)(=O)c3ccccc3)c3ccccc23)[C@H](OCc2ccccc2)[C@@H](OCc2ccccc2)[C@@H]1OCc1ccncc1. The van der Waals surface area contributed by atoms with E-state index in [1.54, 1.807) is 48.9 Å². The standard InChI is InChI=1S/C47H53N3O8S/c48-26-13-4-14-29-53-35-43-44(55-34-38-23-27-49-28-24-38)45(56-32-36-15-5-1-6-16-36)46(57-33-37-17-7-2-8-18-37)47(58-43)54-30-25-39-31-50(42-22-12-11-21-41(39)42)59(51,52)40-19-9-3-10-20-40/h1-3,5-12,15-24,27-28,31,43-47H,4,13-14,25-26,29-30,32-35,48H2/t43-,44-,45+,46-,47-/m1/s1. The summed E-state index contributed by atoms with van der Waals surface area (Å²) in [6.45, 7) is 2.51. The van der Waals surface area contributed by atoms with Crippen LogP contribution >= 0.6 is 0 Å². The molecule has 0 spiro atoms. The first-order valence-electron chi connectivity index (χ1n) is 20.3. The van der Waals surface area contributed by atoms with Crippen LogP contribution in [0.5, 0.6) is 0 Å². The number of para-hydroxylation sites is 1. The van der Waals surface area contributed by atoms with Crippen molar-refractivity contribution >= 4 is 20.9 Å². The molecule has 1 aliphatic heterocycles. The molecule has 0 aliphatic carbocycles. The lowest BCUT2D eigenvalue weighted by Crippen LogP contribution is -2.61. The average molecular weight is 820 g/mol. The number of ether oxygens (including phenoxy) is 6. The van der Waals surface area contributed by atoms with E-state index < -0.39 is 40.7 Å². The maximum atomic E-state index is 13.8. The Bertz CT molecular complexity index is 2240. The minimum Gasteiger partial charge on any atom is -0.379 e. The number of hydrogen-bond acceptors (Lipinski definition) is 10. The molecule has 12 heteroatoms. The van der Waals surface area contributed by atoms with Crippen LogP contribution in [0.15, 0.2) is 151 Å². The molecule has 0 radical (unpaired) electrons. The van der Waals surface area contributed by atoms with E-state index in [9.17, 15) is 8.42 Å². The first-order chi connectivity index (χ1) is 29.0. The van der Waals surface area contributed by atoms with E-state index in [0.717, 1.165) is 46.9 Å². The van der Waals surface area contributed by atoms with Crippen molar-refractivity contribution in [3.8, 4) is 0 Å². The highest BCUT2D eigenvalue weighted by Crippen LogP contribution is 2.32. The summed E-state index contributed by atoms with van der Waals surface area (Å²) in [5.74, 6) is 0. The van der Waals surface area contributed by atoms with Crippen LogP contribution in [0.2, 0.25) is 0 Å². The third-order valence-electron chi connectivity index (χ3n) is 10.3. The molecule has 4 aromatic carbocycles. The van der Waals surface area contributed by atoms with Crippen LogP contribution in [0, 0.1) is 0 Å². The van der Waals surface area contributed by atoms with Gasteiger partial charge in [0.1, 0.15) is 24.4 Å². The zero-order chi connectivity index (χ0) is 40.7. The monoisotopic (exact) mass is 819 g/mol. The molecule has 6 aromatic rings. The summed E-state index contributed by atoms with van der Waals surface area (Å²) in [4.78, 5) is 4.39. The van der Waals surface area contributed by atoms with Crippen molar-refractivity contribution in [1.82, 2.24) is 8.96 Å². The Morgan fingerprint density at radius 2 is 1.22 bits per heavy atom. The van der Waals surface area contributed by atoms with Gasteiger partial charge in [0, 0.05) is 30.6 Å². The molecule has 59 heavy (non-hydrogen) atoms. The minimum atomic E-state index is -3.85. The van der Waals surface area contributed by atoms with Crippen LogP contribution in [0.25, 0.3) is 10.9 Å². The van der Waals surface area contributed by atoms with Crippen molar-refractivity contribution in [3.05, 3.63) is 168 Å². The zero-order valence-electron chi connectivity index (χ0n) is 33.2. The van der Waals surface area contributed by atoms with Gasteiger partial charge in [0.2, 0.25) is 0 Å². The third kappa shape index (κ3) is 11.3. The minimum absolute atomic E-state index is 0.204. The predicted molar refractivity (Wildman–Crippen MR) is 226 cm³/mol. The average Bonchev–Trinajstić information content (AvgIpc) is 3.66. The number of hydrogen-bond donors (Lipinski definition) is 1. The molecule has 0 saturated carbocycles. The number of nitrogens with zero attached hydrogens (tertiary/aromatic N) is 2. The molecule has 1 aliphatic rings. The van der Waals surface area contributed by atoms with Crippen molar-refractivity contribution in [2.24, 2.45) is 5.73 Å². The first-order valence-corrected chi connectivity index (χ1v) is 21.7. The number of fused-ring (bicyclic) bond motifs is 1. The van der Waals surface area contributed by atoms with Crippen LogP contribution in [0.1, 0.15) is 41.5 Å². The molecule has 7 rings (SSSR count). The van der Waals surface area contributed by atoms with Crippen molar-refractivity contribution < 1.29 is 36.8 Å². The second-order valence-electron chi connectivity index (χ2n) is 14.5. The summed E-state index contributed by atoms with van der Waals surface area (Å²) in [5.41, 5.74) is 10.1. The van der Waals surface area contributed by atoms with Gasteiger partial charge in [-0.05, 0) is 84.8 Å². The van der Waals surface area contributed by atoms with E-state index in [1.807, 2.05) is 97.1 Å². The number of benzene rings is 4. The summed E-state index contributed by atoms with van der Waals surface area (Å²) in [5, 5.41) is 0.826. The van der Waals surface area contributed by atoms with Crippen molar-refractivity contribution in [2.75, 3.05) is 26.4 Å². The molecule has 0 amide bonds. The number of aromatic nitrogens is 2. The van der Waals surface area contributed by atoms with E-state index in [4.69, 9.17) is 34.2 Å². The van der Waals surface area contributed by atoms with E-state index >= 15 is 0 Å². The van der Waals surface area contributed by atoms with Gasteiger partial charge in [-0.1, -0.05) is 97.1 Å². The van der Waals surface area contributed by atoms with Crippen LogP contribution in [-0.4, -0.2) is 74.4 Å². The van der Waals surface area contributed by atoms with Gasteiger partial charge in [0.05, 0.1) is 43.4 Å². The number of rotatable bonds is 22. The van der Waals surface area contributed by atoms with Gasteiger partial charge < -0.3 is 34.2 Å². The maximum Gasteiger partial charge on any atom is 0.268 e. The highest BCUT2D eigenvalue weighted by atomic mass is 32.2. The Kier molecular flexibility index (Phi) is 15.4. The molecule has 5 atom stereocenters. The molecule has 2 aromatic heterocycles. The summed E-state index contributed by atoms with van der Waals surface area (Å²) in [7, 11) is -3.85. The molecule has 310 valence electrons. The van der Waals surface area contributed by atoms with Crippen molar-refractivity contribution in [2.45, 2.75) is 81.1 Å². The predicted octanol–water partition coefficient (Wildman–Crippen LogP) is 7.46. The molecule has 3 heterocycles. The second kappa shape index (κ2) is 21.5. The fourth-order valence-electron chi connectivity index (χ4n) is 7.25. The second-order valence-corrected chi connectivity index (χ2v) is 16.3. The van der Waals surface area contributed by atoms with Crippen molar-refractivity contribution in [1.29, 1.82) is 0 Å². The Morgan fingerprint density at radius 3 is 1.90 bits per heavy atom. The molecule has 0 unspecified atom stereocenters. The quantitative estimate of drug-likeness (QED) is 0.0689. The van der Waals surface area contributed by atoms with Gasteiger partial charge in [-0.2, -0.15) is 0 Å². The van der Waals surface area contributed by atoms with Crippen LogP contribution in [0.4, 0.5) is 0 Å². The lowest BCUT2D eigenvalue weighted by atomic mass is 9.97. The van der Waals surface area contributed by atoms with Crippen LogP contribution < -0.4 is 5.73 Å². The fraction of sp³-hybridized carbons (Fsp3) is 0.340. The molecule has 1 saturated heterocycles. The molecular weight excluding hydrogens is 767 g/mol. The first kappa shape index (κ1) is 42.4. The number of pyridine rings is 1. The van der Waals surface area contributed by atoms with Crippen LogP contribution in [0.3, 0.4) is 0 Å². The Balaban J connectivity index is 1.18. The smallest absolute Gasteiger partial charge is 0.268 e. The highest BCUT2D eigenvalue weighted by molar-refractivity contribution is 7.90. The third-order valence-corrected chi connectivity index (χ3v) is 12.0. The molecule has 1 fully saturated rings. The van der Waals surface area contributed by atoms with Gasteiger partial charge in [0.25, 0.3) is 10.0 Å². The van der Waals surface area contributed by atoms with E-state index in [1.165, 1.54) is 3.97 Å². The normalized spacial score (nSPS) is 19.6. The molecule has 0 bridgehead atoms. The van der Waals surface area contributed by atoms with Gasteiger partial charge in [-0.15, -0.1) is 0 Å². The highest BCUT2D eigenvalue weighted by Gasteiger charge is 2.49. The fourth-order valence-corrected chi connectivity index (χ4v) is 8.66. The van der Waals surface area contributed by atoms with Gasteiger partial charge in [-0.25, -0.2) is 12.4 Å². The lowest BCUT2D eigenvalue weighted by Gasteiger charge is -2.46. The van der Waals surface area contributed by atoms with Gasteiger partial charge in [-0.3, -0.25) is 4.98 Å². The van der Waals surface area contributed by atoms with E-state index in [-0.39, 0.29) is 24.7 Å². The summed E-state index contributed by atoms with van der Waals surface area (Å²) >= 11 is 0. The number of unbranched alkanes of at least 4 members (excludes halogenated alkanes) is 2. The molecular formula is C47H53N3O8S. The molecule has 11 nitrogen and oxygen atoms in total. The number of nitrogens with two attached hydrogens (primary N) is 1. The molecule has 2 N–H and O–H groups in total. The van der Waals surface area contributed by atoms with Crippen molar-refractivity contribution in [3.63, 3.8) is 0 Å². The van der Waals surface area contributed by atoms with E-state index in [2.05, 4.69) is 4.98 Å². The van der Waals surface area contributed by atoms with Gasteiger partial charge >= 0.3 is 0 Å².